The molecule has 1 heterocycles. The third-order valence-corrected chi connectivity index (χ3v) is 3.49. The summed E-state index contributed by atoms with van der Waals surface area (Å²) in [6, 6.07) is 2.86. The molecule has 5 nitrogen and oxygen atoms in total. The van der Waals surface area contributed by atoms with Gasteiger partial charge in [-0.15, -0.1) is 0 Å². The van der Waals surface area contributed by atoms with Crippen molar-refractivity contribution in [3.05, 3.63) is 47.4 Å². The van der Waals surface area contributed by atoms with E-state index in [1.165, 1.54) is 31.8 Å². The Hall–Kier alpha value is -2.37. The van der Waals surface area contributed by atoms with Crippen LogP contribution in [-0.2, 0) is 6.54 Å². The summed E-state index contributed by atoms with van der Waals surface area (Å²) < 4.78 is 23.8. The second kappa shape index (κ2) is 5.55. The predicted octanol–water partition coefficient (Wildman–Crippen LogP) is 2.63. The highest BCUT2D eigenvalue weighted by atomic mass is 19.1. The lowest BCUT2D eigenvalue weighted by Crippen LogP contribution is -2.24. The molecule has 1 saturated carbocycles. The van der Waals surface area contributed by atoms with Gasteiger partial charge in [0.2, 0.25) is 0 Å². The van der Waals surface area contributed by atoms with Crippen LogP contribution in [0.4, 0.5) is 4.39 Å². The average molecular weight is 290 g/mol. The zero-order chi connectivity index (χ0) is 14.8. The molecule has 0 unspecified atom stereocenters. The third-order valence-electron chi connectivity index (χ3n) is 3.49. The normalized spacial score (nSPS) is 14.0. The molecule has 21 heavy (non-hydrogen) atoms. The average Bonchev–Trinajstić information content (AvgIpc) is 3.20. The Morgan fingerprint density at radius 2 is 2.33 bits per heavy atom. The van der Waals surface area contributed by atoms with E-state index in [-0.39, 0.29) is 24.1 Å². The Bertz CT molecular complexity index is 651. The van der Waals surface area contributed by atoms with Gasteiger partial charge in [-0.05, 0) is 36.5 Å². The highest BCUT2D eigenvalue weighted by Crippen LogP contribution is 2.43. The van der Waals surface area contributed by atoms with Gasteiger partial charge in [-0.2, -0.15) is 0 Å². The number of oxazole rings is 1. The molecule has 1 aromatic carbocycles. The molecule has 0 atom stereocenters. The van der Waals surface area contributed by atoms with Gasteiger partial charge >= 0.3 is 0 Å². The number of halogens is 1. The van der Waals surface area contributed by atoms with E-state index < -0.39 is 5.82 Å². The summed E-state index contributed by atoms with van der Waals surface area (Å²) in [5.74, 6) is 0.184. The fraction of sp³-hybridized carbons (Fsp3) is 0.333. The van der Waals surface area contributed by atoms with Gasteiger partial charge in [0.1, 0.15) is 5.76 Å². The molecule has 0 bridgehead atoms. The van der Waals surface area contributed by atoms with Crippen molar-refractivity contribution < 1.29 is 18.3 Å². The van der Waals surface area contributed by atoms with Crippen molar-refractivity contribution in [2.75, 3.05) is 7.11 Å². The zero-order valence-corrected chi connectivity index (χ0v) is 11.6. The standard InChI is InChI=1S/C15H15FN2O3/c1-20-14-5-12(11(4-13(14)16)9-2-3-9)15(19)18-7-10-6-17-8-21-10/h4-6,8-9H,2-3,7H2,1H3,(H,18,19). The Morgan fingerprint density at radius 3 is 2.95 bits per heavy atom. The van der Waals surface area contributed by atoms with Crippen LogP contribution in [0.15, 0.2) is 29.1 Å². The number of ether oxygens (including phenoxy) is 1. The minimum atomic E-state index is -0.439. The molecule has 1 aliphatic rings. The van der Waals surface area contributed by atoms with Crippen LogP contribution in [0.1, 0.15) is 40.4 Å². The van der Waals surface area contributed by atoms with Crippen LogP contribution in [0.2, 0.25) is 0 Å². The van der Waals surface area contributed by atoms with Crippen molar-refractivity contribution in [1.29, 1.82) is 0 Å². The van der Waals surface area contributed by atoms with Crippen molar-refractivity contribution >= 4 is 5.91 Å². The number of carbonyl (C=O) groups excluding carboxylic acids is 1. The lowest BCUT2D eigenvalue weighted by Gasteiger charge is -2.12. The van der Waals surface area contributed by atoms with E-state index in [0.29, 0.717) is 11.3 Å². The Morgan fingerprint density at radius 1 is 1.52 bits per heavy atom. The number of hydrogen-bond donors (Lipinski definition) is 1. The van der Waals surface area contributed by atoms with Gasteiger partial charge in [-0.25, -0.2) is 9.37 Å². The van der Waals surface area contributed by atoms with E-state index in [1.54, 1.807) is 0 Å². The van der Waals surface area contributed by atoms with Gasteiger partial charge in [0.25, 0.3) is 5.91 Å². The summed E-state index contributed by atoms with van der Waals surface area (Å²) in [7, 11) is 1.38. The van der Waals surface area contributed by atoms with Crippen LogP contribution < -0.4 is 10.1 Å². The minimum Gasteiger partial charge on any atom is -0.494 e. The van der Waals surface area contributed by atoms with Gasteiger partial charge in [0.05, 0.1) is 19.9 Å². The maximum Gasteiger partial charge on any atom is 0.252 e. The van der Waals surface area contributed by atoms with Gasteiger partial charge in [0.15, 0.2) is 18.0 Å². The summed E-state index contributed by atoms with van der Waals surface area (Å²) >= 11 is 0. The fourth-order valence-corrected chi connectivity index (χ4v) is 2.25. The van der Waals surface area contributed by atoms with Crippen LogP contribution >= 0.6 is 0 Å². The number of benzene rings is 1. The Balaban J connectivity index is 1.83. The summed E-state index contributed by atoms with van der Waals surface area (Å²) in [4.78, 5) is 16.1. The number of methoxy groups -OCH3 is 1. The van der Waals surface area contributed by atoms with Crippen LogP contribution in [-0.4, -0.2) is 18.0 Å². The third kappa shape index (κ3) is 2.89. The molecule has 6 heteroatoms. The quantitative estimate of drug-likeness (QED) is 0.919. The van der Waals surface area contributed by atoms with Crippen LogP contribution in [0.3, 0.4) is 0 Å². The molecule has 0 aliphatic heterocycles. The molecule has 0 radical (unpaired) electrons. The minimum absolute atomic E-state index is 0.0733. The van der Waals surface area contributed by atoms with E-state index in [1.807, 2.05) is 0 Å². The number of hydrogen-bond acceptors (Lipinski definition) is 4. The number of carbonyl (C=O) groups is 1. The SMILES string of the molecule is COc1cc(C(=O)NCc2cnco2)c(C2CC2)cc1F. The number of rotatable bonds is 5. The van der Waals surface area contributed by atoms with Gasteiger partial charge in [0, 0.05) is 5.56 Å². The van der Waals surface area contributed by atoms with Crippen molar-refractivity contribution in [3.8, 4) is 5.75 Å². The lowest BCUT2D eigenvalue weighted by molar-refractivity contribution is 0.0946. The first-order chi connectivity index (χ1) is 10.2. The van der Waals surface area contributed by atoms with Crippen LogP contribution in [0.25, 0.3) is 0 Å². The van der Waals surface area contributed by atoms with E-state index in [9.17, 15) is 9.18 Å². The van der Waals surface area contributed by atoms with Crippen molar-refractivity contribution in [3.63, 3.8) is 0 Å². The number of nitrogens with one attached hydrogen (secondary N) is 1. The van der Waals surface area contributed by atoms with Crippen LogP contribution in [0, 0.1) is 5.82 Å². The summed E-state index contributed by atoms with van der Waals surface area (Å²) in [6.07, 6.45) is 4.80. The molecule has 1 aliphatic carbocycles. The number of aromatic nitrogens is 1. The van der Waals surface area contributed by atoms with Crippen molar-refractivity contribution in [2.24, 2.45) is 0 Å². The van der Waals surface area contributed by atoms with Gasteiger partial charge < -0.3 is 14.5 Å². The fourth-order valence-electron chi connectivity index (χ4n) is 2.25. The molecule has 110 valence electrons. The first-order valence-electron chi connectivity index (χ1n) is 6.72. The van der Waals surface area contributed by atoms with E-state index in [4.69, 9.17) is 9.15 Å². The highest BCUT2D eigenvalue weighted by molar-refractivity contribution is 5.96. The summed E-state index contributed by atoms with van der Waals surface area (Å²) in [5.41, 5.74) is 1.19. The largest absolute Gasteiger partial charge is 0.494 e. The first kappa shape index (κ1) is 13.6. The molecule has 1 aromatic heterocycles. The molecule has 3 rings (SSSR count). The first-order valence-corrected chi connectivity index (χ1v) is 6.72. The highest BCUT2D eigenvalue weighted by Gasteiger charge is 2.29. The lowest BCUT2D eigenvalue weighted by atomic mass is 10.0. The molecule has 1 amide bonds. The van der Waals surface area contributed by atoms with Crippen molar-refractivity contribution in [2.45, 2.75) is 25.3 Å². The molecule has 0 spiro atoms. The van der Waals surface area contributed by atoms with Crippen molar-refractivity contribution in [1.82, 2.24) is 10.3 Å². The van der Waals surface area contributed by atoms with Gasteiger partial charge in [-0.3, -0.25) is 4.79 Å². The molecular formula is C15H15FN2O3. The summed E-state index contributed by atoms with van der Waals surface area (Å²) in [5, 5.41) is 2.74. The van der Waals surface area contributed by atoms with E-state index in [2.05, 4.69) is 10.3 Å². The van der Waals surface area contributed by atoms with E-state index in [0.717, 1.165) is 18.4 Å². The zero-order valence-electron chi connectivity index (χ0n) is 11.6. The predicted molar refractivity (Wildman–Crippen MR) is 72.6 cm³/mol. The van der Waals surface area contributed by atoms with E-state index >= 15 is 0 Å². The topological polar surface area (TPSA) is 64.4 Å². The molecule has 1 N–H and O–H groups in total. The maximum atomic E-state index is 13.8. The second-order valence-corrected chi connectivity index (χ2v) is 5.00. The molecule has 1 fully saturated rings. The van der Waals surface area contributed by atoms with Crippen LogP contribution in [0.5, 0.6) is 5.75 Å². The monoisotopic (exact) mass is 290 g/mol. The van der Waals surface area contributed by atoms with Gasteiger partial charge in [-0.1, -0.05) is 0 Å². The Labute approximate surface area is 121 Å². The number of amides is 1. The maximum absolute atomic E-state index is 13.8. The summed E-state index contributed by atoms with van der Waals surface area (Å²) in [6.45, 7) is 0.239. The molecular weight excluding hydrogens is 275 g/mol. The molecule has 0 saturated heterocycles. The number of nitrogens with zero attached hydrogens (tertiary/aromatic N) is 1. The second-order valence-electron chi connectivity index (χ2n) is 5.00. The smallest absolute Gasteiger partial charge is 0.252 e. The molecule has 2 aromatic rings. The Kier molecular flexibility index (Phi) is 3.60.